The number of hydrogen-bond donors (Lipinski definition) is 1. The number of aryl methyl sites for hydroxylation is 3. The van der Waals surface area contributed by atoms with Gasteiger partial charge in [-0.15, -0.1) is 0 Å². The Bertz CT molecular complexity index is 1190. The zero-order chi connectivity index (χ0) is 24.0. The molecule has 0 radical (unpaired) electrons. The molecule has 0 unspecified atom stereocenters. The molecule has 2 aromatic heterocycles. The van der Waals surface area contributed by atoms with Gasteiger partial charge in [-0.2, -0.15) is 28.6 Å². The lowest BCUT2D eigenvalue weighted by Gasteiger charge is -2.11. The summed E-state index contributed by atoms with van der Waals surface area (Å²) >= 11 is 0. The minimum absolute atomic E-state index is 0.309. The summed E-state index contributed by atoms with van der Waals surface area (Å²) in [5.74, 6) is 0.775. The molecule has 2 heterocycles. The van der Waals surface area contributed by atoms with Gasteiger partial charge in [-0.25, -0.2) is 0 Å². The highest BCUT2D eigenvalue weighted by Gasteiger charge is 2.29. The molecule has 2 aromatic carbocycles. The number of unbranched alkanes of at least 4 members (excludes halogenated alkanes) is 1. The van der Waals surface area contributed by atoms with Crippen molar-refractivity contribution < 1.29 is 17.9 Å². The number of hydrogen-bond acceptors (Lipinski definition) is 4. The number of aromatic amines is 1. The van der Waals surface area contributed by atoms with Gasteiger partial charge in [-0.1, -0.05) is 24.3 Å². The fraction of sp³-hybridized carbons (Fsp3) is 0.269. The first-order valence-corrected chi connectivity index (χ1v) is 11.1. The highest BCUT2D eigenvalue weighted by Crippen LogP contribution is 2.31. The highest BCUT2D eigenvalue weighted by molar-refractivity contribution is 5.62. The molecule has 34 heavy (non-hydrogen) atoms. The van der Waals surface area contributed by atoms with E-state index < -0.39 is 11.7 Å². The van der Waals surface area contributed by atoms with E-state index in [4.69, 9.17) is 4.74 Å². The maximum absolute atomic E-state index is 12.7. The standard InChI is InChI=1S/C26H25F3N4O/c1-18-14-25(13-9-19(18)4-2-3-5-23-16-31-33-32-23)34-17-24-12-8-21(15-30-24)20-6-10-22(11-7-20)26(27,28)29/h6-16H,2-5,17H2,1H3,(H,31,32,33). The molecule has 0 saturated carbocycles. The van der Waals surface area contributed by atoms with E-state index >= 15 is 0 Å². The van der Waals surface area contributed by atoms with E-state index in [9.17, 15) is 13.2 Å². The van der Waals surface area contributed by atoms with Crippen LogP contribution in [0.25, 0.3) is 11.1 Å². The van der Waals surface area contributed by atoms with Crippen LogP contribution in [0.5, 0.6) is 5.75 Å². The first kappa shape index (κ1) is 23.5. The number of nitrogens with zero attached hydrogens (tertiary/aromatic N) is 3. The number of alkyl halides is 3. The Morgan fingerprint density at radius 2 is 1.62 bits per heavy atom. The van der Waals surface area contributed by atoms with Gasteiger partial charge in [-0.05, 0) is 79.6 Å². The summed E-state index contributed by atoms with van der Waals surface area (Å²) in [4.78, 5) is 4.39. The number of ether oxygens (including phenoxy) is 1. The van der Waals surface area contributed by atoms with E-state index in [1.54, 1.807) is 12.4 Å². The molecule has 0 spiro atoms. The highest BCUT2D eigenvalue weighted by atomic mass is 19.4. The maximum Gasteiger partial charge on any atom is 0.416 e. The molecule has 0 atom stereocenters. The van der Waals surface area contributed by atoms with Crippen molar-refractivity contribution in [1.82, 2.24) is 20.4 Å². The molecule has 0 aliphatic rings. The van der Waals surface area contributed by atoms with E-state index in [1.165, 1.54) is 23.3 Å². The molecule has 0 fully saturated rings. The van der Waals surface area contributed by atoms with Crippen LogP contribution in [0.4, 0.5) is 13.2 Å². The van der Waals surface area contributed by atoms with Crippen LogP contribution in [0.15, 0.2) is 67.0 Å². The normalized spacial score (nSPS) is 11.5. The summed E-state index contributed by atoms with van der Waals surface area (Å²) in [7, 11) is 0. The zero-order valence-corrected chi connectivity index (χ0v) is 18.8. The van der Waals surface area contributed by atoms with Crippen molar-refractivity contribution in [2.24, 2.45) is 0 Å². The number of benzene rings is 2. The Labute approximate surface area is 196 Å². The Morgan fingerprint density at radius 3 is 2.26 bits per heavy atom. The van der Waals surface area contributed by atoms with Gasteiger partial charge < -0.3 is 4.74 Å². The van der Waals surface area contributed by atoms with Crippen LogP contribution in [0.1, 0.15) is 40.9 Å². The Morgan fingerprint density at radius 1 is 0.853 bits per heavy atom. The van der Waals surface area contributed by atoms with E-state index in [2.05, 4.69) is 33.4 Å². The predicted octanol–water partition coefficient (Wildman–Crippen LogP) is 6.34. The van der Waals surface area contributed by atoms with Gasteiger partial charge in [-0.3, -0.25) is 4.98 Å². The quantitative estimate of drug-likeness (QED) is 0.293. The number of pyridine rings is 1. The molecule has 176 valence electrons. The van der Waals surface area contributed by atoms with E-state index in [-0.39, 0.29) is 0 Å². The van der Waals surface area contributed by atoms with Crippen molar-refractivity contribution in [1.29, 1.82) is 0 Å². The van der Waals surface area contributed by atoms with E-state index in [0.29, 0.717) is 12.2 Å². The minimum Gasteiger partial charge on any atom is -0.487 e. The lowest BCUT2D eigenvalue weighted by molar-refractivity contribution is -0.137. The molecule has 0 amide bonds. The average Bonchev–Trinajstić information content (AvgIpc) is 3.35. The van der Waals surface area contributed by atoms with Crippen LogP contribution in [-0.2, 0) is 25.6 Å². The Kier molecular flexibility index (Phi) is 7.25. The third-order valence-electron chi connectivity index (χ3n) is 5.67. The monoisotopic (exact) mass is 466 g/mol. The summed E-state index contributed by atoms with van der Waals surface area (Å²) in [6.45, 7) is 2.39. The number of aromatic nitrogens is 4. The van der Waals surface area contributed by atoms with Gasteiger partial charge in [0.2, 0.25) is 0 Å². The second-order valence-corrected chi connectivity index (χ2v) is 8.16. The smallest absolute Gasteiger partial charge is 0.416 e. The molecular weight excluding hydrogens is 441 g/mol. The zero-order valence-electron chi connectivity index (χ0n) is 18.8. The third kappa shape index (κ3) is 6.21. The van der Waals surface area contributed by atoms with Crippen LogP contribution < -0.4 is 4.74 Å². The van der Waals surface area contributed by atoms with Gasteiger partial charge >= 0.3 is 6.18 Å². The van der Waals surface area contributed by atoms with Gasteiger partial charge in [0, 0.05) is 11.8 Å². The molecule has 1 N–H and O–H groups in total. The van der Waals surface area contributed by atoms with E-state index in [1.807, 2.05) is 24.3 Å². The van der Waals surface area contributed by atoms with Gasteiger partial charge in [0.25, 0.3) is 0 Å². The fourth-order valence-corrected chi connectivity index (χ4v) is 3.70. The van der Waals surface area contributed by atoms with Crippen molar-refractivity contribution in [3.05, 3.63) is 95.1 Å². The molecular formula is C26H25F3N4O. The second-order valence-electron chi connectivity index (χ2n) is 8.16. The van der Waals surface area contributed by atoms with Crippen LogP contribution >= 0.6 is 0 Å². The van der Waals surface area contributed by atoms with Gasteiger partial charge in [0.15, 0.2) is 0 Å². The third-order valence-corrected chi connectivity index (χ3v) is 5.67. The lowest BCUT2D eigenvalue weighted by Crippen LogP contribution is -2.04. The SMILES string of the molecule is Cc1cc(OCc2ccc(-c3ccc(C(F)(F)F)cc3)cn2)ccc1CCCCc1cn[nH]n1. The molecule has 0 saturated heterocycles. The average molecular weight is 467 g/mol. The molecule has 5 nitrogen and oxygen atoms in total. The number of H-pyrrole nitrogens is 1. The van der Waals surface area contributed by atoms with Gasteiger partial charge in [0.05, 0.1) is 23.1 Å². The van der Waals surface area contributed by atoms with Crippen molar-refractivity contribution in [3.8, 4) is 16.9 Å². The molecule has 4 aromatic rings. The molecule has 8 heteroatoms. The molecule has 4 rings (SSSR count). The first-order valence-electron chi connectivity index (χ1n) is 11.1. The molecule has 0 aliphatic carbocycles. The fourth-order valence-electron chi connectivity index (χ4n) is 3.70. The topological polar surface area (TPSA) is 63.7 Å². The van der Waals surface area contributed by atoms with Crippen molar-refractivity contribution >= 4 is 0 Å². The largest absolute Gasteiger partial charge is 0.487 e. The minimum atomic E-state index is -4.34. The lowest BCUT2D eigenvalue weighted by atomic mass is 10.0. The Balaban J connectivity index is 1.28. The Hall–Kier alpha value is -3.68. The summed E-state index contributed by atoms with van der Waals surface area (Å²) in [5.41, 5.74) is 4.98. The van der Waals surface area contributed by atoms with Crippen LogP contribution in [-0.4, -0.2) is 20.4 Å². The summed E-state index contributed by atoms with van der Waals surface area (Å²) < 4.78 is 44.1. The van der Waals surface area contributed by atoms with Crippen LogP contribution in [0, 0.1) is 6.92 Å². The number of rotatable bonds is 9. The van der Waals surface area contributed by atoms with Crippen LogP contribution in [0.2, 0.25) is 0 Å². The van der Waals surface area contributed by atoms with E-state index in [0.717, 1.165) is 60.5 Å². The van der Waals surface area contributed by atoms with Crippen molar-refractivity contribution in [2.75, 3.05) is 0 Å². The summed E-state index contributed by atoms with van der Waals surface area (Å²) in [6.07, 6.45) is 3.11. The molecule has 0 bridgehead atoms. The number of nitrogens with one attached hydrogen (secondary N) is 1. The molecule has 0 aliphatic heterocycles. The second kappa shape index (κ2) is 10.5. The van der Waals surface area contributed by atoms with Crippen LogP contribution in [0.3, 0.4) is 0 Å². The predicted molar refractivity (Wildman–Crippen MR) is 123 cm³/mol. The van der Waals surface area contributed by atoms with Gasteiger partial charge in [0.1, 0.15) is 12.4 Å². The summed E-state index contributed by atoms with van der Waals surface area (Å²) in [5, 5.41) is 10.5. The van der Waals surface area contributed by atoms with Crippen molar-refractivity contribution in [2.45, 2.75) is 45.4 Å². The first-order chi connectivity index (χ1) is 16.4. The van der Waals surface area contributed by atoms with Crippen molar-refractivity contribution in [3.63, 3.8) is 0 Å². The maximum atomic E-state index is 12.7. The number of halogens is 3. The summed E-state index contributed by atoms with van der Waals surface area (Å²) in [6, 6.07) is 14.8.